The Bertz CT molecular complexity index is 1020. The SMILES string of the molecule is CCC[Si]=[Hf]([Cl])[Cl].Cc1cc2c(C)ccc(C)c2[cH-]1.Cc1cc2c(C)ccc(C)c2[cH-]1. The number of aryl methyl sites for hydroxylation is 6. The molecule has 0 aromatic heterocycles. The molecule has 1 radical (unpaired) electrons. The zero-order valence-corrected chi connectivity index (χ0v) is 25.9. The van der Waals surface area contributed by atoms with E-state index in [9.17, 15) is 0 Å². The number of hydrogen-bond acceptors (Lipinski definition) is 0. The van der Waals surface area contributed by atoms with Crippen LogP contribution >= 0.6 is 17.2 Å². The van der Waals surface area contributed by atoms with Crippen LogP contribution in [0.2, 0.25) is 6.04 Å². The van der Waals surface area contributed by atoms with Gasteiger partial charge in [0.15, 0.2) is 0 Å². The summed E-state index contributed by atoms with van der Waals surface area (Å²) < 4.78 is 0. The molecule has 0 atom stereocenters. The molecule has 4 heteroatoms. The number of benzene rings is 2. The van der Waals surface area contributed by atoms with Gasteiger partial charge in [0.2, 0.25) is 0 Å². The monoisotopic (exact) mass is 635 g/mol. The molecule has 0 aliphatic rings. The van der Waals surface area contributed by atoms with Crippen LogP contribution in [0.15, 0.2) is 48.5 Å². The molecule has 0 N–H and O–H groups in total. The maximum absolute atomic E-state index is 5.65. The molecule has 0 nitrogen and oxygen atoms in total. The average molecular weight is 635 g/mol. The first-order valence-corrected chi connectivity index (χ1v) is 26.3. The van der Waals surface area contributed by atoms with Crippen LogP contribution in [0.4, 0.5) is 0 Å². The van der Waals surface area contributed by atoms with Crippen molar-refractivity contribution >= 4 is 44.9 Å². The number of fused-ring (bicyclic) bond motifs is 2. The van der Waals surface area contributed by atoms with Crippen LogP contribution in [0.1, 0.15) is 46.7 Å². The van der Waals surface area contributed by atoms with Gasteiger partial charge in [0, 0.05) is 0 Å². The fourth-order valence-electron chi connectivity index (χ4n) is 3.69. The number of rotatable bonds is 2. The third-order valence-electron chi connectivity index (χ3n) is 5.44. The van der Waals surface area contributed by atoms with Gasteiger partial charge in [-0.2, -0.15) is 12.1 Å². The first-order valence-electron chi connectivity index (χ1n) is 10.8. The van der Waals surface area contributed by atoms with E-state index in [2.05, 4.69) is 97.0 Å². The van der Waals surface area contributed by atoms with Gasteiger partial charge in [0.05, 0.1) is 0 Å². The van der Waals surface area contributed by atoms with Crippen molar-refractivity contribution in [2.45, 2.75) is 60.9 Å². The van der Waals surface area contributed by atoms with Crippen molar-refractivity contribution in [3.05, 3.63) is 81.9 Å². The molecule has 0 fully saturated rings. The molecule has 0 aliphatic carbocycles. The Kier molecular flexibility index (Phi) is 10.7. The van der Waals surface area contributed by atoms with Gasteiger partial charge < -0.3 is 0 Å². The summed E-state index contributed by atoms with van der Waals surface area (Å²) in [6.07, 6.45) is 2.17. The largest absolute Gasteiger partial charge is 0.165 e. The van der Waals surface area contributed by atoms with E-state index < -0.39 is 17.7 Å². The van der Waals surface area contributed by atoms with Crippen molar-refractivity contribution in [3.8, 4) is 0 Å². The third-order valence-corrected chi connectivity index (χ3v) is 18.6. The van der Waals surface area contributed by atoms with Gasteiger partial charge in [-0.1, -0.05) is 51.0 Å². The molecular formula is C27H33Cl2HfSi-2. The second-order valence-electron chi connectivity index (χ2n) is 8.31. The summed E-state index contributed by atoms with van der Waals surface area (Å²) in [4.78, 5) is 0. The minimum atomic E-state index is -1.80. The molecule has 4 rings (SSSR count). The molecule has 4 aromatic rings. The van der Waals surface area contributed by atoms with Crippen LogP contribution < -0.4 is 0 Å². The van der Waals surface area contributed by atoms with Gasteiger partial charge in [-0.3, -0.25) is 0 Å². The van der Waals surface area contributed by atoms with Crippen LogP contribution in [0.5, 0.6) is 0 Å². The van der Waals surface area contributed by atoms with E-state index in [1.165, 1.54) is 67.4 Å². The van der Waals surface area contributed by atoms with E-state index in [1.54, 1.807) is 0 Å². The van der Waals surface area contributed by atoms with Gasteiger partial charge in [-0.15, -0.1) is 68.1 Å². The minimum Gasteiger partial charge on any atom is -0.165 e. The molecule has 31 heavy (non-hydrogen) atoms. The maximum atomic E-state index is 5.65. The molecule has 0 amide bonds. The molecule has 0 saturated heterocycles. The Morgan fingerprint density at radius 2 is 1.10 bits per heavy atom. The van der Waals surface area contributed by atoms with Crippen LogP contribution in [0.25, 0.3) is 21.5 Å². The first-order chi connectivity index (χ1) is 14.6. The topological polar surface area (TPSA) is 0 Å². The van der Waals surface area contributed by atoms with E-state index in [0.29, 0.717) is 0 Å². The zero-order valence-electron chi connectivity index (χ0n) is 19.8. The molecule has 0 heterocycles. The molecule has 0 bridgehead atoms. The van der Waals surface area contributed by atoms with Crippen molar-refractivity contribution < 1.29 is 17.7 Å². The smallest absolute Gasteiger partial charge is 0.0488 e. The predicted molar refractivity (Wildman–Crippen MR) is 140 cm³/mol. The summed E-state index contributed by atoms with van der Waals surface area (Å²) in [6.45, 7) is 15.1. The summed E-state index contributed by atoms with van der Waals surface area (Å²) in [6, 6.07) is 19.1. The normalized spacial score (nSPS) is 10.4. The molecule has 0 unspecified atom stereocenters. The van der Waals surface area contributed by atoms with Gasteiger partial charge in [0.1, 0.15) is 0 Å². The van der Waals surface area contributed by atoms with Crippen molar-refractivity contribution in [1.29, 1.82) is 0 Å². The quantitative estimate of drug-likeness (QED) is 0.152. The van der Waals surface area contributed by atoms with Crippen LogP contribution in [-0.2, 0) is 17.7 Å². The van der Waals surface area contributed by atoms with E-state index in [0.717, 1.165) is 6.22 Å². The molecule has 0 aliphatic heterocycles. The summed E-state index contributed by atoms with van der Waals surface area (Å²) in [7, 11) is 11.3. The van der Waals surface area contributed by atoms with Crippen molar-refractivity contribution in [2.24, 2.45) is 0 Å². The zero-order chi connectivity index (χ0) is 23.1. The van der Waals surface area contributed by atoms with Crippen molar-refractivity contribution in [1.82, 2.24) is 0 Å². The summed E-state index contributed by atoms with van der Waals surface area (Å²) in [5, 5.41) is 5.64. The van der Waals surface area contributed by atoms with Gasteiger partial charge in [-0.05, 0) is 13.8 Å². The molecule has 0 spiro atoms. The minimum absolute atomic E-state index is 0.932. The van der Waals surface area contributed by atoms with Gasteiger partial charge >= 0.3 is 60.5 Å². The second kappa shape index (κ2) is 12.5. The molecule has 0 saturated carbocycles. The Labute approximate surface area is 204 Å². The van der Waals surface area contributed by atoms with Crippen LogP contribution in [0, 0.1) is 41.5 Å². The third kappa shape index (κ3) is 7.70. The number of hydrogen-bond donors (Lipinski definition) is 0. The maximum Gasteiger partial charge on any atom is -0.0488 e. The van der Waals surface area contributed by atoms with Crippen LogP contribution in [-0.4, -0.2) is 6.22 Å². The summed E-state index contributed by atoms with van der Waals surface area (Å²) in [5.74, 6) is 0. The van der Waals surface area contributed by atoms with Gasteiger partial charge in [-0.25, -0.2) is 0 Å². The molecule has 4 aromatic carbocycles. The van der Waals surface area contributed by atoms with E-state index in [-0.39, 0.29) is 0 Å². The van der Waals surface area contributed by atoms with E-state index in [4.69, 9.17) is 17.2 Å². The summed E-state index contributed by atoms with van der Waals surface area (Å²) in [5.41, 5.74) is 8.24. The molecule has 165 valence electrons. The van der Waals surface area contributed by atoms with Crippen LogP contribution in [0.3, 0.4) is 0 Å². The summed E-state index contributed by atoms with van der Waals surface area (Å²) >= 11 is -1.80. The van der Waals surface area contributed by atoms with E-state index in [1.807, 2.05) is 0 Å². The number of halogens is 2. The second-order valence-corrected chi connectivity index (χ2v) is 31.9. The van der Waals surface area contributed by atoms with Crippen molar-refractivity contribution in [2.75, 3.05) is 0 Å². The van der Waals surface area contributed by atoms with Crippen molar-refractivity contribution in [3.63, 3.8) is 0 Å². The molecular weight excluding hydrogens is 602 g/mol. The fraction of sp³-hybridized carbons (Fsp3) is 0.333. The Balaban J connectivity index is 0.000000173. The standard InChI is InChI=1S/2C12H13.C3H7Si.2ClH.Hf/c2*1-8-6-11-9(2)4-5-10(3)12(11)7-8;1-2-3-4;;;/h2*4-7H,1-3H3;2-3H2,1H3;2*1H;/q2*-1;;;;+2/p-2. The Morgan fingerprint density at radius 3 is 1.39 bits per heavy atom. The Morgan fingerprint density at radius 1 is 0.710 bits per heavy atom. The van der Waals surface area contributed by atoms with Gasteiger partial charge in [0.25, 0.3) is 0 Å². The average Bonchev–Trinajstić information content (AvgIpc) is 3.31. The fourth-order valence-corrected chi connectivity index (χ4v) is 13.5. The first kappa shape index (κ1) is 26.6. The van der Waals surface area contributed by atoms with E-state index >= 15 is 0 Å². The predicted octanol–water partition coefficient (Wildman–Crippen LogP) is 9.33. The Hall–Kier alpha value is -0.673.